The molecule has 0 radical (unpaired) electrons. The van der Waals surface area contributed by atoms with Crippen LogP contribution in [0, 0.1) is 0 Å². The minimum Gasteiger partial charge on any atom is -0.744 e. The first-order valence-electron chi connectivity index (χ1n) is 15.0. The maximum Gasteiger partial charge on any atom is 1.00 e. The van der Waals surface area contributed by atoms with E-state index in [1.807, 2.05) is 12.1 Å². The third kappa shape index (κ3) is 14.4. The summed E-state index contributed by atoms with van der Waals surface area (Å²) >= 11 is 0. The molecule has 0 bridgehead atoms. The minimum atomic E-state index is -4.50. The van der Waals surface area contributed by atoms with Crippen LogP contribution in [0.3, 0.4) is 0 Å². The number of rotatable bonds is 21. The fraction of sp³-hybridized carbons (Fsp3) is 0.688. The topological polar surface area (TPSA) is 57.2 Å². The van der Waals surface area contributed by atoms with Crippen LogP contribution in [0.15, 0.2) is 35.2 Å². The second-order valence-corrected chi connectivity index (χ2v) is 12.1. The molecule has 0 spiro atoms. The van der Waals surface area contributed by atoms with E-state index in [1.54, 1.807) is 6.07 Å². The molecule has 2 aromatic carbocycles. The van der Waals surface area contributed by atoms with E-state index in [0.717, 1.165) is 31.1 Å². The van der Waals surface area contributed by atoms with Gasteiger partial charge in [-0.3, -0.25) is 0 Å². The Bertz CT molecular complexity index is 971. The quantitative estimate of drug-likeness (QED) is 0.0958. The van der Waals surface area contributed by atoms with E-state index < -0.39 is 10.1 Å². The standard InChI is InChI=1S/C32H52O3S.K/c1-3-5-7-9-11-13-15-17-19-22-28-26-29(23-20-18-16-14-12-10-8-6-4-2)30-24-21-25-32(31(30)27-28)36(33,34)35;/h21,24-27H,3-20,22-23H2,1-2H3,(H,33,34,35);/q;+1/p-1. The third-order valence-electron chi connectivity index (χ3n) is 7.49. The van der Waals surface area contributed by atoms with Gasteiger partial charge >= 0.3 is 51.4 Å². The summed E-state index contributed by atoms with van der Waals surface area (Å²) in [7, 11) is -4.50. The van der Waals surface area contributed by atoms with Crippen LogP contribution in [-0.4, -0.2) is 13.0 Å². The molecule has 0 atom stereocenters. The summed E-state index contributed by atoms with van der Waals surface area (Å²) in [5, 5.41) is 1.55. The van der Waals surface area contributed by atoms with Crippen molar-refractivity contribution in [2.75, 3.05) is 0 Å². The first kappa shape index (κ1) is 35.3. The van der Waals surface area contributed by atoms with Gasteiger partial charge in [-0.15, -0.1) is 0 Å². The normalized spacial score (nSPS) is 11.6. The molecular formula is C32H51KO3S. The van der Waals surface area contributed by atoms with Gasteiger partial charge in [0.1, 0.15) is 10.1 Å². The Hall–Kier alpha value is 0.246. The smallest absolute Gasteiger partial charge is 0.744 e. The molecule has 0 aromatic heterocycles. The molecule has 37 heavy (non-hydrogen) atoms. The molecule has 2 rings (SSSR count). The SMILES string of the molecule is CCCCCCCCCCCc1cc(CCCCCCCCCCC)c2cccc(S(=O)(=O)[O-])c2c1.[K+]. The second kappa shape index (κ2) is 21.1. The van der Waals surface area contributed by atoms with E-state index in [9.17, 15) is 13.0 Å². The summed E-state index contributed by atoms with van der Waals surface area (Å²) in [4.78, 5) is -0.0674. The maximum atomic E-state index is 12.0. The number of hydrogen-bond donors (Lipinski definition) is 0. The van der Waals surface area contributed by atoms with E-state index in [2.05, 4.69) is 19.9 Å². The van der Waals surface area contributed by atoms with Gasteiger partial charge in [0.25, 0.3) is 0 Å². The van der Waals surface area contributed by atoms with Crippen molar-refractivity contribution in [3.63, 3.8) is 0 Å². The molecule has 0 saturated heterocycles. The Morgan fingerprint density at radius 3 is 1.54 bits per heavy atom. The molecule has 0 aliphatic rings. The first-order chi connectivity index (χ1) is 17.5. The van der Waals surface area contributed by atoms with Crippen LogP contribution in [0.5, 0.6) is 0 Å². The summed E-state index contributed by atoms with van der Waals surface area (Å²) in [6, 6.07) is 9.40. The van der Waals surface area contributed by atoms with Gasteiger partial charge in [0, 0.05) is 0 Å². The molecule has 5 heteroatoms. The number of hydrogen-bond acceptors (Lipinski definition) is 3. The zero-order valence-corrected chi connectivity index (χ0v) is 28.1. The fourth-order valence-electron chi connectivity index (χ4n) is 5.34. The summed E-state index contributed by atoms with van der Waals surface area (Å²) in [6.07, 6.45) is 25.1. The Labute approximate surface area is 271 Å². The van der Waals surface area contributed by atoms with Crippen molar-refractivity contribution in [1.82, 2.24) is 0 Å². The van der Waals surface area contributed by atoms with Crippen molar-refractivity contribution in [2.24, 2.45) is 0 Å². The van der Waals surface area contributed by atoms with Crippen LogP contribution in [0.25, 0.3) is 10.8 Å². The predicted octanol–water partition coefficient (Wildman–Crippen LogP) is 6.89. The molecule has 0 amide bonds. The van der Waals surface area contributed by atoms with Crippen molar-refractivity contribution in [1.29, 1.82) is 0 Å². The Morgan fingerprint density at radius 1 is 0.595 bits per heavy atom. The first-order valence-corrected chi connectivity index (χ1v) is 16.4. The largest absolute Gasteiger partial charge is 1.00 e. The van der Waals surface area contributed by atoms with Crippen LogP contribution in [0.2, 0.25) is 0 Å². The zero-order valence-electron chi connectivity index (χ0n) is 24.2. The minimum absolute atomic E-state index is 0. The summed E-state index contributed by atoms with van der Waals surface area (Å²) in [6.45, 7) is 4.51. The van der Waals surface area contributed by atoms with Crippen LogP contribution >= 0.6 is 0 Å². The van der Waals surface area contributed by atoms with Crippen molar-refractivity contribution >= 4 is 20.9 Å². The Morgan fingerprint density at radius 2 is 1.05 bits per heavy atom. The predicted molar refractivity (Wildman–Crippen MR) is 154 cm³/mol. The van der Waals surface area contributed by atoms with Crippen molar-refractivity contribution in [3.05, 3.63) is 41.5 Å². The van der Waals surface area contributed by atoms with E-state index in [-0.39, 0.29) is 56.3 Å². The van der Waals surface area contributed by atoms with Gasteiger partial charge in [-0.25, -0.2) is 8.42 Å². The fourth-order valence-corrected chi connectivity index (χ4v) is 6.02. The monoisotopic (exact) mass is 554 g/mol. The molecule has 204 valence electrons. The number of unbranched alkanes of at least 4 members (excludes halogenated alkanes) is 16. The van der Waals surface area contributed by atoms with Crippen LogP contribution in [0.1, 0.15) is 141 Å². The molecule has 2 aromatic rings. The molecule has 0 fully saturated rings. The van der Waals surface area contributed by atoms with Gasteiger partial charge in [-0.05, 0) is 59.7 Å². The molecule has 0 heterocycles. The third-order valence-corrected chi connectivity index (χ3v) is 8.38. The van der Waals surface area contributed by atoms with E-state index in [4.69, 9.17) is 0 Å². The molecule has 3 nitrogen and oxygen atoms in total. The van der Waals surface area contributed by atoms with Crippen molar-refractivity contribution < 1.29 is 64.4 Å². The number of aryl methyl sites for hydroxylation is 2. The van der Waals surface area contributed by atoms with Crippen molar-refractivity contribution in [2.45, 2.75) is 147 Å². The molecule has 0 unspecified atom stereocenters. The van der Waals surface area contributed by atoms with E-state index in [0.29, 0.717) is 5.39 Å². The van der Waals surface area contributed by atoms with Crippen LogP contribution in [-0.2, 0) is 23.0 Å². The molecule has 0 saturated carbocycles. The second-order valence-electron chi connectivity index (χ2n) is 10.7. The maximum absolute atomic E-state index is 12.0. The molecule has 0 aliphatic heterocycles. The van der Waals surface area contributed by atoms with E-state index >= 15 is 0 Å². The van der Waals surface area contributed by atoms with Gasteiger partial charge in [0.05, 0.1) is 4.90 Å². The van der Waals surface area contributed by atoms with E-state index in [1.165, 1.54) is 120 Å². The van der Waals surface area contributed by atoms with Crippen LogP contribution < -0.4 is 51.4 Å². The number of fused-ring (bicyclic) bond motifs is 1. The van der Waals surface area contributed by atoms with Crippen molar-refractivity contribution in [3.8, 4) is 0 Å². The molecule has 0 aliphatic carbocycles. The number of benzene rings is 2. The van der Waals surface area contributed by atoms with Crippen LogP contribution in [0.4, 0.5) is 0 Å². The average Bonchev–Trinajstić information content (AvgIpc) is 2.85. The summed E-state index contributed by atoms with van der Waals surface area (Å²) < 4.78 is 35.9. The van der Waals surface area contributed by atoms with Gasteiger partial charge in [0.2, 0.25) is 0 Å². The van der Waals surface area contributed by atoms with Gasteiger partial charge in [-0.2, -0.15) is 0 Å². The van der Waals surface area contributed by atoms with Gasteiger partial charge in [0.15, 0.2) is 0 Å². The average molecular weight is 555 g/mol. The molecular weight excluding hydrogens is 504 g/mol. The summed E-state index contributed by atoms with van der Waals surface area (Å²) in [5.74, 6) is 0. The van der Waals surface area contributed by atoms with Gasteiger partial charge < -0.3 is 4.55 Å². The summed E-state index contributed by atoms with van der Waals surface area (Å²) in [5.41, 5.74) is 2.37. The van der Waals surface area contributed by atoms with Gasteiger partial charge in [-0.1, -0.05) is 135 Å². The Kier molecular flexibility index (Phi) is 20.1. The Balaban J connectivity index is 0.00000684. The zero-order chi connectivity index (χ0) is 26.1. The molecule has 0 N–H and O–H groups in total.